The standard InChI is InChI=1S/C40H40Cl4N4/c41-30-10-9-28(36(42)20-30)22-47-25-35(33-6-2-3-7-38(33)47)27-13-17-46(18-14-27)31-19-29(40(44)37(43)21-31)23-48-24-34(26-11-15-45-16-12-26)32-5-1-4-8-39(32)48/h1-10,19-21,24-27,29,40,45H,11-18,22-23H2. The number of rotatable bonds is 7. The summed E-state index contributed by atoms with van der Waals surface area (Å²) in [6.07, 6.45) is 13.7. The van der Waals surface area contributed by atoms with E-state index in [1.165, 1.54) is 51.5 Å². The molecule has 2 atom stereocenters. The summed E-state index contributed by atoms with van der Waals surface area (Å²) in [6.45, 7) is 5.64. The Labute approximate surface area is 302 Å². The second kappa shape index (κ2) is 13.8. The third-order valence-corrected chi connectivity index (χ3v) is 12.4. The number of nitrogens with one attached hydrogen (secondary N) is 1. The van der Waals surface area contributed by atoms with Crippen LogP contribution in [0.4, 0.5) is 0 Å². The van der Waals surface area contributed by atoms with E-state index in [2.05, 4.69) is 92.4 Å². The normalized spacial score (nSPS) is 21.2. The summed E-state index contributed by atoms with van der Waals surface area (Å²) in [5.74, 6) is 1.18. The van der Waals surface area contributed by atoms with Crippen molar-refractivity contribution in [3.8, 4) is 0 Å². The largest absolute Gasteiger partial charge is 0.372 e. The molecule has 1 aliphatic carbocycles. The Morgan fingerprint density at radius 3 is 2.04 bits per heavy atom. The number of hydrogen-bond donors (Lipinski definition) is 1. The molecule has 4 nitrogen and oxygen atoms in total. The zero-order valence-corrected chi connectivity index (χ0v) is 29.9. The molecule has 8 rings (SSSR count). The maximum atomic E-state index is 7.03. The van der Waals surface area contributed by atoms with Gasteiger partial charge in [0.25, 0.3) is 0 Å². The van der Waals surface area contributed by atoms with Crippen LogP contribution in [0.3, 0.4) is 0 Å². The first-order valence-electron chi connectivity index (χ1n) is 17.2. The van der Waals surface area contributed by atoms with Gasteiger partial charge in [0.1, 0.15) is 0 Å². The summed E-state index contributed by atoms with van der Waals surface area (Å²) in [5.41, 5.74) is 7.69. The van der Waals surface area contributed by atoms with Crippen LogP contribution in [0.5, 0.6) is 0 Å². The first-order valence-corrected chi connectivity index (χ1v) is 18.8. The fourth-order valence-corrected chi connectivity index (χ4v) is 9.20. The first-order chi connectivity index (χ1) is 23.4. The molecule has 2 aliphatic heterocycles. The molecule has 2 unspecified atom stereocenters. The van der Waals surface area contributed by atoms with Crippen molar-refractivity contribution < 1.29 is 0 Å². The SMILES string of the molecule is ClC1=CC(N2CCC(c3cn(Cc4ccc(Cl)cc4Cl)c4ccccc34)CC2)=CC(Cn2cc(C3CCNCC3)c3ccccc32)C1Cl. The number of halogens is 4. The lowest BCUT2D eigenvalue weighted by atomic mass is 9.88. The zero-order chi connectivity index (χ0) is 32.8. The van der Waals surface area contributed by atoms with Gasteiger partial charge in [-0.2, -0.15) is 0 Å². The second-order valence-corrected chi connectivity index (χ2v) is 15.4. The number of nitrogens with zero attached hydrogens (tertiary/aromatic N) is 3. The Bertz CT molecular complexity index is 2010. The quantitative estimate of drug-likeness (QED) is 0.170. The summed E-state index contributed by atoms with van der Waals surface area (Å²) in [5, 5.41) is 8.07. The highest BCUT2D eigenvalue weighted by Gasteiger charge is 2.31. The van der Waals surface area contributed by atoms with Gasteiger partial charge >= 0.3 is 0 Å². The summed E-state index contributed by atoms with van der Waals surface area (Å²) in [7, 11) is 0. The van der Waals surface area contributed by atoms with Crippen LogP contribution in [0, 0.1) is 5.92 Å². The Morgan fingerprint density at radius 2 is 1.35 bits per heavy atom. The van der Waals surface area contributed by atoms with Gasteiger partial charge in [-0.1, -0.05) is 83.3 Å². The molecule has 1 N–H and O–H groups in total. The number of likely N-dealkylation sites (tertiary alicyclic amines) is 1. The van der Waals surface area contributed by atoms with E-state index in [4.69, 9.17) is 46.4 Å². The summed E-state index contributed by atoms with van der Waals surface area (Å²) < 4.78 is 4.76. The minimum absolute atomic E-state index is 0.103. The lowest BCUT2D eigenvalue weighted by Gasteiger charge is -2.37. The number of piperidine rings is 2. The lowest BCUT2D eigenvalue weighted by molar-refractivity contribution is 0.266. The monoisotopic (exact) mass is 716 g/mol. The first kappa shape index (κ1) is 32.4. The van der Waals surface area contributed by atoms with Crippen LogP contribution in [0.1, 0.15) is 54.2 Å². The van der Waals surface area contributed by atoms with Crippen LogP contribution in [-0.4, -0.2) is 45.6 Å². The molecule has 5 aromatic rings. The molecule has 3 aliphatic rings. The Hall–Kier alpha value is -2.86. The van der Waals surface area contributed by atoms with Crippen LogP contribution in [0.2, 0.25) is 10.0 Å². The molecule has 0 spiro atoms. The maximum absolute atomic E-state index is 7.03. The molecule has 248 valence electrons. The molecule has 2 saturated heterocycles. The molecule has 2 aromatic heterocycles. The molecular formula is C40H40Cl4N4. The van der Waals surface area contributed by atoms with E-state index in [1.54, 1.807) is 0 Å². The number of allylic oxidation sites excluding steroid dienone is 3. The molecule has 0 bridgehead atoms. The number of aromatic nitrogens is 2. The van der Waals surface area contributed by atoms with Crippen LogP contribution >= 0.6 is 46.4 Å². The predicted molar refractivity (Wildman–Crippen MR) is 203 cm³/mol. The molecule has 0 saturated carbocycles. The fraction of sp³-hybridized carbons (Fsp3) is 0.350. The molecule has 2 fully saturated rings. The highest BCUT2D eigenvalue weighted by Crippen LogP contribution is 2.40. The molecular weight excluding hydrogens is 678 g/mol. The van der Waals surface area contributed by atoms with E-state index in [0.717, 1.165) is 56.2 Å². The molecule has 0 amide bonds. The fourth-order valence-electron chi connectivity index (χ4n) is 8.24. The van der Waals surface area contributed by atoms with Gasteiger partial charge in [-0.05, 0) is 97.6 Å². The van der Waals surface area contributed by atoms with Crippen LogP contribution < -0.4 is 5.32 Å². The minimum atomic E-state index is -0.239. The smallest absolute Gasteiger partial charge is 0.0773 e. The third-order valence-electron chi connectivity index (χ3n) is 10.8. The Balaban J connectivity index is 1.01. The van der Waals surface area contributed by atoms with Gasteiger partial charge in [0.2, 0.25) is 0 Å². The minimum Gasteiger partial charge on any atom is -0.372 e. The average molecular weight is 719 g/mol. The van der Waals surface area contributed by atoms with E-state index in [0.29, 0.717) is 28.4 Å². The van der Waals surface area contributed by atoms with Crippen molar-refractivity contribution in [2.45, 2.75) is 56.0 Å². The number of para-hydroxylation sites is 2. The molecule has 3 aromatic carbocycles. The maximum Gasteiger partial charge on any atom is 0.0773 e. The van der Waals surface area contributed by atoms with E-state index in [-0.39, 0.29) is 11.3 Å². The number of fused-ring (bicyclic) bond motifs is 2. The zero-order valence-electron chi connectivity index (χ0n) is 26.9. The van der Waals surface area contributed by atoms with E-state index >= 15 is 0 Å². The van der Waals surface area contributed by atoms with Gasteiger partial charge in [0.05, 0.1) is 5.38 Å². The topological polar surface area (TPSA) is 25.1 Å². The van der Waals surface area contributed by atoms with E-state index in [1.807, 2.05) is 18.2 Å². The number of alkyl halides is 1. The lowest BCUT2D eigenvalue weighted by Crippen LogP contribution is -2.34. The highest BCUT2D eigenvalue weighted by molar-refractivity contribution is 6.38. The molecule has 0 radical (unpaired) electrons. The number of hydrogen-bond acceptors (Lipinski definition) is 2. The summed E-state index contributed by atoms with van der Waals surface area (Å²) >= 11 is 26.7. The summed E-state index contributed by atoms with van der Waals surface area (Å²) in [4.78, 5) is 2.51. The van der Waals surface area contributed by atoms with Crippen LogP contribution in [0.25, 0.3) is 21.8 Å². The Morgan fingerprint density at radius 1 is 0.729 bits per heavy atom. The van der Waals surface area contributed by atoms with Crippen molar-refractivity contribution in [3.63, 3.8) is 0 Å². The van der Waals surface area contributed by atoms with Gasteiger partial charge in [-0.15, -0.1) is 11.6 Å². The average Bonchev–Trinajstić information content (AvgIpc) is 3.67. The molecule has 8 heteroatoms. The van der Waals surface area contributed by atoms with Gasteiger partial charge < -0.3 is 19.4 Å². The van der Waals surface area contributed by atoms with Gasteiger partial charge in [-0.3, -0.25) is 0 Å². The third kappa shape index (κ3) is 6.32. The van der Waals surface area contributed by atoms with Crippen molar-refractivity contribution in [2.75, 3.05) is 26.2 Å². The second-order valence-electron chi connectivity index (χ2n) is 13.7. The van der Waals surface area contributed by atoms with Gasteiger partial charge in [-0.25, -0.2) is 0 Å². The van der Waals surface area contributed by atoms with Crippen LogP contribution in [-0.2, 0) is 13.1 Å². The van der Waals surface area contributed by atoms with Gasteiger partial charge in [0.15, 0.2) is 0 Å². The van der Waals surface area contributed by atoms with Crippen LogP contribution in [0.15, 0.2) is 102 Å². The molecule has 48 heavy (non-hydrogen) atoms. The van der Waals surface area contributed by atoms with E-state index < -0.39 is 0 Å². The predicted octanol–water partition coefficient (Wildman–Crippen LogP) is 10.5. The van der Waals surface area contributed by atoms with Crippen molar-refractivity contribution in [1.29, 1.82) is 0 Å². The number of benzene rings is 3. The van der Waals surface area contributed by atoms with Crippen molar-refractivity contribution >= 4 is 68.2 Å². The molecule has 4 heterocycles. The van der Waals surface area contributed by atoms with Crippen molar-refractivity contribution in [3.05, 3.63) is 129 Å². The summed E-state index contributed by atoms with van der Waals surface area (Å²) in [6, 6.07) is 23.3. The van der Waals surface area contributed by atoms with Crippen molar-refractivity contribution in [1.82, 2.24) is 19.4 Å². The van der Waals surface area contributed by atoms with E-state index in [9.17, 15) is 0 Å². The van der Waals surface area contributed by atoms with Gasteiger partial charge in [0, 0.05) is 87.1 Å². The highest BCUT2D eigenvalue weighted by atomic mass is 35.5. The van der Waals surface area contributed by atoms with Crippen molar-refractivity contribution in [2.24, 2.45) is 5.92 Å². The Kier molecular flexibility index (Phi) is 9.30.